The van der Waals surface area contributed by atoms with Crippen molar-refractivity contribution in [3.05, 3.63) is 24.3 Å². The highest BCUT2D eigenvalue weighted by Crippen LogP contribution is 2.19. The molecule has 0 aliphatic heterocycles. The number of carbonyl (C=O) groups is 1. The van der Waals surface area contributed by atoms with Gasteiger partial charge in [0, 0.05) is 6.42 Å². The number of rotatable bonds is 3. The molecule has 1 rings (SSSR count). The van der Waals surface area contributed by atoms with E-state index in [9.17, 15) is 4.79 Å². The summed E-state index contributed by atoms with van der Waals surface area (Å²) in [5.41, 5.74) is 0.995. The highest BCUT2D eigenvalue weighted by molar-refractivity contribution is 5.97. The third kappa shape index (κ3) is 1.28. The minimum Gasteiger partial charge on any atom is -0.294 e. The summed E-state index contributed by atoms with van der Waals surface area (Å²) in [6.07, 6.45) is 6.21. The van der Waals surface area contributed by atoms with Crippen LogP contribution in [0.3, 0.4) is 0 Å². The molecule has 1 nitrogen and oxygen atoms in total. The normalized spacial score (nSPS) is 15.8. The lowest BCUT2D eigenvalue weighted by Gasteiger charge is -2.10. The molecule has 1 aliphatic carbocycles. The van der Waals surface area contributed by atoms with Gasteiger partial charge in [0.25, 0.3) is 0 Å². The molecule has 0 fully saturated rings. The molecule has 0 heterocycles. The van der Waals surface area contributed by atoms with Gasteiger partial charge < -0.3 is 0 Å². The predicted octanol–water partition coefficient (Wildman–Crippen LogP) is 1.85. The van der Waals surface area contributed by atoms with E-state index in [2.05, 4.69) is 6.58 Å². The van der Waals surface area contributed by atoms with Crippen molar-refractivity contribution in [3.8, 4) is 0 Å². The second kappa shape index (κ2) is 2.62. The van der Waals surface area contributed by atoms with Crippen LogP contribution in [0.15, 0.2) is 24.3 Å². The fourth-order valence-corrected chi connectivity index (χ4v) is 0.804. The van der Waals surface area contributed by atoms with Gasteiger partial charge in [-0.05, 0) is 18.4 Å². The van der Waals surface area contributed by atoms with Gasteiger partial charge in [0.2, 0.25) is 0 Å². The summed E-state index contributed by atoms with van der Waals surface area (Å²) in [6, 6.07) is 0. The number of hydrogen-bond donors (Lipinski definition) is 0. The van der Waals surface area contributed by atoms with Crippen molar-refractivity contribution in [1.29, 1.82) is 0 Å². The first-order chi connectivity index (χ1) is 4.34. The second-order valence-corrected chi connectivity index (χ2v) is 2.18. The highest BCUT2D eigenvalue weighted by atomic mass is 16.1. The van der Waals surface area contributed by atoms with Crippen LogP contribution in [0.5, 0.6) is 0 Å². The minimum atomic E-state index is 0.247. The first kappa shape index (κ1) is 6.27. The van der Waals surface area contributed by atoms with Crippen molar-refractivity contribution >= 4 is 5.78 Å². The van der Waals surface area contributed by atoms with Crippen LogP contribution in [0.25, 0.3) is 0 Å². The van der Waals surface area contributed by atoms with Gasteiger partial charge in [-0.1, -0.05) is 12.2 Å². The molecule has 9 heavy (non-hydrogen) atoms. The topological polar surface area (TPSA) is 17.1 Å². The Morgan fingerprint density at radius 3 is 2.89 bits per heavy atom. The average molecular weight is 122 g/mol. The smallest absolute Gasteiger partial charge is 0.162 e. The maximum atomic E-state index is 10.9. The van der Waals surface area contributed by atoms with Crippen LogP contribution < -0.4 is 0 Å². The maximum absolute atomic E-state index is 10.9. The standard InChI is InChI=1S/C8H10O/c1-2-4-8(9)7-5-3-6-7/h2,5H,1,3-4,6H2. The first-order valence-electron chi connectivity index (χ1n) is 3.17. The molecule has 1 heteroatoms. The molecule has 48 valence electrons. The average Bonchev–Trinajstić information content (AvgIpc) is 1.60. The minimum absolute atomic E-state index is 0.247. The van der Waals surface area contributed by atoms with Crippen LogP contribution in [0.2, 0.25) is 0 Å². The first-order valence-corrected chi connectivity index (χ1v) is 3.17. The Balaban J connectivity index is 2.42. The number of allylic oxidation sites excluding steroid dienone is 3. The number of hydrogen-bond acceptors (Lipinski definition) is 1. The molecule has 0 unspecified atom stereocenters. The zero-order valence-corrected chi connectivity index (χ0v) is 5.39. The fraction of sp³-hybridized carbons (Fsp3) is 0.375. The molecule has 0 saturated carbocycles. The monoisotopic (exact) mass is 122 g/mol. The summed E-state index contributed by atoms with van der Waals surface area (Å²) in [5, 5.41) is 0. The third-order valence-electron chi connectivity index (χ3n) is 1.49. The van der Waals surface area contributed by atoms with Gasteiger partial charge >= 0.3 is 0 Å². The van der Waals surface area contributed by atoms with Crippen LogP contribution in [0.1, 0.15) is 19.3 Å². The quantitative estimate of drug-likeness (QED) is 0.522. The summed E-state index contributed by atoms with van der Waals surface area (Å²) in [6.45, 7) is 3.49. The SMILES string of the molecule is C=CCC(=O)C1=CCC1. The summed E-state index contributed by atoms with van der Waals surface area (Å²) in [4.78, 5) is 10.9. The lowest BCUT2D eigenvalue weighted by atomic mass is 9.94. The van der Waals surface area contributed by atoms with E-state index in [0.717, 1.165) is 18.4 Å². The number of ketones is 1. The van der Waals surface area contributed by atoms with Crippen molar-refractivity contribution in [1.82, 2.24) is 0 Å². The molecule has 0 radical (unpaired) electrons. The molecule has 0 bridgehead atoms. The molecule has 0 aromatic heterocycles. The molecule has 0 atom stereocenters. The summed E-state index contributed by atoms with van der Waals surface area (Å²) in [7, 11) is 0. The van der Waals surface area contributed by atoms with E-state index in [1.165, 1.54) is 0 Å². The third-order valence-corrected chi connectivity index (χ3v) is 1.49. The lowest BCUT2D eigenvalue weighted by Crippen LogP contribution is -2.06. The van der Waals surface area contributed by atoms with Gasteiger partial charge in [0.15, 0.2) is 5.78 Å². The zero-order chi connectivity index (χ0) is 6.69. The van der Waals surface area contributed by atoms with E-state index in [1.807, 2.05) is 6.08 Å². The van der Waals surface area contributed by atoms with Gasteiger partial charge in [0.05, 0.1) is 0 Å². The van der Waals surface area contributed by atoms with Gasteiger partial charge in [-0.15, -0.1) is 6.58 Å². The molecule has 1 aliphatic rings. The fourth-order valence-electron chi connectivity index (χ4n) is 0.804. The molecule has 0 aromatic carbocycles. The molecular formula is C8H10O. The van der Waals surface area contributed by atoms with E-state index in [1.54, 1.807) is 6.08 Å². The van der Waals surface area contributed by atoms with Crippen molar-refractivity contribution in [2.24, 2.45) is 0 Å². The lowest BCUT2D eigenvalue weighted by molar-refractivity contribution is -0.115. The summed E-state index contributed by atoms with van der Waals surface area (Å²) >= 11 is 0. The van der Waals surface area contributed by atoms with Crippen molar-refractivity contribution < 1.29 is 4.79 Å². The Morgan fingerprint density at radius 2 is 2.56 bits per heavy atom. The van der Waals surface area contributed by atoms with E-state index >= 15 is 0 Å². The molecule has 0 N–H and O–H groups in total. The summed E-state index contributed by atoms with van der Waals surface area (Å²) in [5.74, 6) is 0.247. The van der Waals surface area contributed by atoms with Crippen LogP contribution in [-0.2, 0) is 4.79 Å². The molecular weight excluding hydrogens is 112 g/mol. The van der Waals surface area contributed by atoms with Gasteiger partial charge in [-0.25, -0.2) is 0 Å². The maximum Gasteiger partial charge on any atom is 0.162 e. The highest BCUT2D eigenvalue weighted by Gasteiger charge is 2.11. The van der Waals surface area contributed by atoms with Crippen LogP contribution in [-0.4, -0.2) is 5.78 Å². The van der Waals surface area contributed by atoms with E-state index in [0.29, 0.717) is 6.42 Å². The van der Waals surface area contributed by atoms with Crippen LogP contribution >= 0.6 is 0 Å². The molecule has 0 aromatic rings. The Morgan fingerprint density at radius 1 is 1.89 bits per heavy atom. The Bertz CT molecular complexity index is 165. The van der Waals surface area contributed by atoms with E-state index in [4.69, 9.17) is 0 Å². The van der Waals surface area contributed by atoms with E-state index < -0.39 is 0 Å². The number of carbonyl (C=O) groups excluding carboxylic acids is 1. The predicted molar refractivity (Wildman–Crippen MR) is 37.1 cm³/mol. The van der Waals surface area contributed by atoms with Gasteiger partial charge in [-0.3, -0.25) is 4.79 Å². The molecule has 0 amide bonds. The Hall–Kier alpha value is -0.850. The van der Waals surface area contributed by atoms with Crippen molar-refractivity contribution in [3.63, 3.8) is 0 Å². The Labute approximate surface area is 55.1 Å². The van der Waals surface area contributed by atoms with Crippen LogP contribution in [0, 0.1) is 0 Å². The summed E-state index contributed by atoms with van der Waals surface area (Å²) < 4.78 is 0. The second-order valence-electron chi connectivity index (χ2n) is 2.18. The van der Waals surface area contributed by atoms with Crippen molar-refractivity contribution in [2.45, 2.75) is 19.3 Å². The molecule has 0 spiro atoms. The van der Waals surface area contributed by atoms with E-state index in [-0.39, 0.29) is 5.78 Å². The van der Waals surface area contributed by atoms with Crippen molar-refractivity contribution in [2.75, 3.05) is 0 Å². The van der Waals surface area contributed by atoms with Crippen LogP contribution in [0.4, 0.5) is 0 Å². The Kier molecular flexibility index (Phi) is 1.83. The van der Waals surface area contributed by atoms with Gasteiger partial charge in [-0.2, -0.15) is 0 Å². The zero-order valence-electron chi connectivity index (χ0n) is 5.39. The molecule has 0 saturated heterocycles. The largest absolute Gasteiger partial charge is 0.294 e. The number of Topliss-reactive ketones (excluding diaryl/α,β-unsaturated/α-hetero) is 1. The van der Waals surface area contributed by atoms with Gasteiger partial charge in [0.1, 0.15) is 0 Å².